The molecular formula is C19H21N3O3S. The Morgan fingerprint density at radius 1 is 1.08 bits per heavy atom. The Labute approximate surface area is 153 Å². The smallest absolute Gasteiger partial charge is 0.262 e. The molecule has 0 radical (unpaired) electrons. The van der Waals surface area contributed by atoms with Gasteiger partial charge < -0.3 is 5.32 Å². The van der Waals surface area contributed by atoms with E-state index >= 15 is 0 Å². The van der Waals surface area contributed by atoms with Crippen molar-refractivity contribution in [2.45, 2.75) is 31.1 Å². The summed E-state index contributed by atoms with van der Waals surface area (Å²) < 4.78 is 27.1. The Morgan fingerprint density at radius 2 is 1.77 bits per heavy atom. The average Bonchev–Trinajstić information content (AvgIpc) is 3.09. The lowest BCUT2D eigenvalue weighted by Crippen LogP contribution is -2.29. The molecule has 0 unspecified atom stereocenters. The summed E-state index contributed by atoms with van der Waals surface area (Å²) in [6.45, 7) is 2.65. The summed E-state index contributed by atoms with van der Waals surface area (Å²) >= 11 is 0. The van der Waals surface area contributed by atoms with Gasteiger partial charge in [0.2, 0.25) is 5.91 Å². The van der Waals surface area contributed by atoms with Crippen LogP contribution in [-0.2, 0) is 21.2 Å². The van der Waals surface area contributed by atoms with Crippen LogP contribution in [0.3, 0.4) is 0 Å². The van der Waals surface area contributed by atoms with Crippen LogP contribution in [0.15, 0.2) is 58.4 Å². The second kappa shape index (κ2) is 7.70. The molecule has 2 N–H and O–H groups in total. The van der Waals surface area contributed by atoms with Crippen molar-refractivity contribution in [2.24, 2.45) is 4.99 Å². The average molecular weight is 371 g/mol. The molecule has 0 fully saturated rings. The number of amides is 1. The predicted molar refractivity (Wildman–Crippen MR) is 102 cm³/mol. The van der Waals surface area contributed by atoms with Crippen molar-refractivity contribution in [1.29, 1.82) is 0 Å². The summed E-state index contributed by atoms with van der Waals surface area (Å²) in [5.41, 5.74) is 2.62. The number of aryl methyl sites for hydroxylation is 1. The highest BCUT2D eigenvalue weighted by Gasteiger charge is 2.18. The van der Waals surface area contributed by atoms with Gasteiger partial charge in [0.15, 0.2) is 0 Å². The lowest BCUT2D eigenvalue weighted by Gasteiger charge is -2.09. The maximum Gasteiger partial charge on any atom is 0.262 e. The molecule has 3 rings (SSSR count). The van der Waals surface area contributed by atoms with Gasteiger partial charge in [-0.3, -0.25) is 14.5 Å². The van der Waals surface area contributed by atoms with E-state index in [0.29, 0.717) is 24.5 Å². The number of carbonyl (C=O) groups is 1. The third kappa shape index (κ3) is 4.70. The number of hydrogen-bond donors (Lipinski definition) is 2. The summed E-state index contributed by atoms with van der Waals surface area (Å²) in [4.78, 5) is 16.4. The van der Waals surface area contributed by atoms with Crippen molar-refractivity contribution in [3.63, 3.8) is 0 Å². The van der Waals surface area contributed by atoms with Crippen LogP contribution in [0.1, 0.15) is 24.0 Å². The monoisotopic (exact) mass is 371 g/mol. The molecular weight excluding hydrogens is 350 g/mol. The molecule has 1 heterocycles. The van der Waals surface area contributed by atoms with Crippen molar-refractivity contribution in [2.75, 3.05) is 11.9 Å². The van der Waals surface area contributed by atoms with Crippen molar-refractivity contribution in [3.8, 4) is 0 Å². The third-order valence-electron chi connectivity index (χ3n) is 4.06. The number of benzene rings is 2. The molecule has 1 aliphatic heterocycles. The van der Waals surface area contributed by atoms with Gasteiger partial charge in [-0.25, -0.2) is 8.42 Å². The Balaban J connectivity index is 1.61. The van der Waals surface area contributed by atoms with Gasteiger partial charge in [0.05, 0.1) is 11.3 Å². The fourth-order valence-electron chi connectivity index (χ4n) is 2.65. The van der Waals surface area contributed by atoms with Crippen LogP contribution in [0.5, 0.6) is 0 Å². The molecule has 136 valence electrons. The Bertz CT molecular complexity index is 918. The molecule has 0 aliphatic carbocycles. The van der Waals surface area contributed by atoms with Crippen LogP contribution in [0.2, 0.25) is 0 Å². The molecule has 0 bridgehead atoms. The van der Waals surface area contributed by atoms with Crippen LogP contribution in [0.25, 0.3) is 0 Å². The number of carbonyl (C=O) groups excluding carboxylic acids is 1. The zero-order chi connectivity index (χ0) is 18.6. The van der Waals surface area contributed by atoms with Crippen molar-refractivity contribution in [1.82, 2.24) is 4.72 Å². The number of nitrogens with one attached hydrogen (secondary N) is 2. The number of amidine groups is 1. The van der Waals surface area contributed by atoms with E-state index < -0.39 is 10.0 Å². The van der Waals surface area contributed by atoms with E-state index in [2.05, 4.69) is 15.0 Å². The highest BCUT2D eigenvalue weighted by Crippen LogP contribution is 2.15. The molecule has 0 atom stereocenters. The molecule has 0 spiro atoms. The van der Waals surface area contributed by atoms with Crippen LogP contribution >= 0.6 is 0 Å². The Kier molecular flexibility index (Phi) is 5.37. The second-order valence-corrected chi connectivity index (χ2v) is 7.95. The summed E-state index contributed by atoms with van der Waals surface area (Å²) in [5, 5.41) is 2.78. The summed E-state index contributed by atoms with van der Waals surface area (Å²) in [6.07, 6.45) is 1.78. The van der Waals surface area contributed by atoms with Gasteiger partial charge in [0, 0.05) is 18.7 Å². The van der Waals surface area contributed by atoms with Gasteiger partial charge in [-0.05, 0) is 43.2 Å². The van der Waals surface area contributed by atoms with Crippen LogP contribution in [-0.4, -0.2) is 26.7 Å². The van der Waals surface area contributed by atoms with E-state index in [1.54, 1.807) is 12.1 Å². The van der Waals surface area contributed by atoms with Gasteiger partial charge in [-0.2, -0.15) is 0 Å². The molecule has 1 amide bonds. The second-order valence-electron chi connectivity index (χ2n) is 6.27. The van der Waals surface area contributed by atoms with E-state index in [1.165, 1.54) is 12.1 Å². The molecule has 1 aliphatic rings. The molecule has 2 aromatic rings. The van der Waals surface area contributed by atoms with Crippen LogP contribution in [0, 0.1) is 6.92 Å². The maximum absolute atomic E-state index is 12.3. The summed E-state index contributed by atoms with van der Waals surface area (Å²) in [6, 6.07) is 13.9. The first-order chi connectivity index (χ1) is 12.4. The first kappa shape index (κ1) is 18.1. The maximum atomic E-state index is 12.3. The normalized spacial score (nSPS) is 14.0. The largest absolute Gasteiger partial charge is 0.326 e. The van der Waals surface area contributed by atoms with Crippen molar-refractivity contribution >= 4 is 27.5 Å². The zero-order valence-corrected chi connectivity index (χ0v) is 15.3. The van der Waals surface area contributed by atoms with Crippen molar-refractivity contribution < 1.29 is 13.2 Å². The molecule has 7 heteroatoms. The van der Waals surface area contributed by atoms with Crippen LogP contribution < -0.4 is 10.0 Å². The lowest BCUT2D eigenvalue weighted by molar-refractivity contribution is -0.115. The van der Waals surface area contributed by atoms with Gasteiger partial charge in [0.25, 0.3) is 10.0 Å². The number of sulfonamides is 1. The first-order valence-corrected chi connectivity index (χ1v) is 9.92. The summed E-state index contributed by atoms with van der Waals surface area (Å²) in [5.74, 6) is 0.350. The quantitative estimate of drug-likeness (QED) is 0.847. The topological polar surface area (TPSA) is 87.6 Å². The number of rotatable bonds is 5. The molecule has 26 heavy (non-hydrogen) atoms. The first-order valence-electron chi connectivity index (χ1n) is 8.44. The zero-order valence-electron chi connectivity index (χ0n) is 14.5. The van der Waals surface area contributed by atoms with Crippen LogP contribution in [0.4, 0.5) is 5.69 Å². The Morgan fingerprint density at radius 3 is 2.38 bits per heavy atom. The van der Waals surface area contributed by atoms with Gasteiger partial charge in [-0.1, -0.05) is 29.8 Å². The SMILES string of the molecule is Cc1ccc(CC(=O)Nc2ccc(S(=O)(=O)NC3=NCCC3)cc2)cc1. The number of aliphatic imine (C=N–C) groups is 1. The van der Waals surface area contributed by atoms with E-state index in [9.17, 15) is 13.2 Å². The number of hydrogen-bond acceptors (Lipinski definition) is 4. The minimum atomic E-state index is -3.64. The third-order valence-corrected chi connectivity index (χ3v) is 5.46. The number of nitrogens with zero attached hydrogens (tertiary/aromatic N) is 1. The van der Waals surface area contributed by atoms with E-state index in [1.807, 2.05) is 31.2 Å². The molecule has 2 aromatic carbocycles. The fourth-order valence-corrected chi connectivity index (χ4v) is 3.74. The molecule has 6 nitrogen and oxygen atoms in total. The van der Waals surface area contributed by atoms with Gasteiger partial charge in [0.1, 0.15) is 5.84 Å². The molecule has 0 saturated heterocycles. The molecule has 0 saturated carbocycles. The minimum Gasteiger partial charge on any atom is -0.326 e. The van der Waals surface area contributed by atoms with Gasteiger partial charge >= 0.3 is 0 Å². The highest BCUT2D eigenvalue weighted by atomic mass is 32.2. The van der Waals surface area contributed by atoms with E-state index in [4.69, 9.17) is 0 Å². The standard InChI is InChI=1S/C19H21N3O3S/c1-14-4-6-15(7-5-14)13-19(23)21-16-8-10-17(11-9-16)26(24,25)22-18-3-2-12-20-18/h4-11H,2-3,12-13H2,1H3,(H,20,22)(H,21,23). The Hall–Kier alpha value is -2.67. The fraction of sp³-hybridized carbons (Fsp3) is 0.263. The highest BCUT2D eigenvalue weighted by molar-refractivity contribution is 7.90. The summed E-state index contributed by atoms with van der Waals surface area (Å²) in [7, 11) is -3.64. The lowest BCUT2D eigenvalue weighted by atomic mass is 10.1. The number of anilines is 1. The molecule has 0 aromatic heterocycles. The predicted octanol–water partition coefficient (Wildman–Crippen LogP) is 2.65. The minimum absolute atomic E-state index is 0.142. The van der Waals surface area contributed by atoms with E-state index in [0.717, 1.165) is 17.5 Å². The van der Waals surface area contributed by atoms with E-state index in [-0.39, 0.29) is 17.2 Å². The van der Waals surface area contributed by atoms with Crippen molar-refractivity contribution in [3.05, 3.63) is 59.7 Å². The van der Waals surface area contributed by atoms with Gasteiger partial charge in [-0.15, -0.1) is 0 Å².